The lowest BCUT2D eigenvalue weighted by Gasteiger charge is -2.16. The van der Waals surface area contributed by atoms with Crippen LogP contribution >= 0.6 is 11.6 Å². The number of ether oxygens (including phenoxy) is 2. The second-order valence-electron chi connectivity index (χ2n) is 7.54. The molecule has 1 aromatic carbocycles. The van der Waals surface area contributed by atoms with E-state index < -0.39 is 5.91 Å². The quantitative estimate of drug-likeness (QED) is 0.571. The van der Waals surface area contributed by atoms with E-state index in [9.17, 15) is 9.59 Å². The Morgan fingerprint density at radius 3 is 2.65 bits per heavy atom. The Balaban J connectivity index is 1.73. The first-order valence-corrected chi connectivity index (χ1v) is 10.5. The van der Waals surface area contributed by atoms with Crippen molar-refractivity contribution in [2.75, 3.05) is 13.7 Å². The number of hydrogen-bond acceptors (Lipinski definition) is 4. The highest BCUT2D eigenvalue weighted by Gasteiger charge is 2.15. The lowest BCUT2D eigenvalue weighted by Crippen LogP contribution is -2.16. The van der Waals surface area contributed by atoms with Gasteiger partial charge in [0.15, 0.2) is 17.3 Å². The first-order chi connectivity index (χ1) is 14.9. The number of allylic oxidation sites excluding steroid dienone is 7. The van der Waals surface area contributed by atoms with Gasteiger partial charge in [-0.05, 0) is 68.0 Å². The van der Waals surface area contributed by atoms with Crippen LogP contribution in [0.15, 0.2) is 64.8 Å². The molecule has 1 amide bonds. The molecule has 0 unspecified atom stereocenters. The number of amides is 1. The van der Waals surface area contributed by atoms with Crippen LogP contribution in [0.5, 0.6) is 11.5 Å². The van der Waals surface area contributed by atoms with Gasteiger partial charge in [0.25, 0.3) is 0 Å². The Labute approximate surface area is 187 Å². The second kappa shape index (κ2) is 10.3. The Bertz CT molecular complexity index is 1040. The molecule has 0 atom stereocenters. The van der Waals surface area contributed by atoms with Crippen molar-refractivity contribution in [2.24, 2.45) is 5.73 Å². The fourth-order valence-electron chi connectivity index (χ4n) is 3.53. The number of carbonyl (C=O) groups excluding carboxylic acids is 2. The molecule has 2 N–H and O–H groups in total. The number of ketones is 1. The van der Waals surface area contributed by atoms with E-state index in [0.29, 0.717) is 52.7 Å². The number of halogens is 1. The van der Waals surface area contributed by atoms with E-state index in [-0.39, 0.29) is 5.78 Å². The minimum Gasteiger partial charge on any atom is -0.493 e. The van der Waals surface area contributed by atoms with Crippen LogP contribution in [0.4, 0.5) is 0 Å². The molecule has 0 saturated heterocycles. The van der Waals surface area contributed by atoms with Gasteiger partial charge >= 0.3 is 0 Å². The van der Waals surface area contributed by atoms with Crippen LogP contribution in [0.1, 0.15) is 38.2 Å². The van der Waals surface area contributed by atoms with Crippen molar-refractivity contribution in [2.45, 2.75) is 32.6 Å². The van der Waals surface area contributed by atoms with Gasteiger partial charge in [0.1, 0.15) is 6.61 Å². The van der Waals surface area contributed by atoms with Gasteiger partial charge in [-0.25, -0.2) is 0 Å². The maximum atomic E-state index is 12.5. The van der Waals surface area contributed by atoms with Crippen molar-refractivity contribution in [1.82, 2.24) is 0 Å². The molecule has 0 spiro atoms. The maximum Gasteiger partial charge on any atom is 0.244 e. The summed E-state index contributed by atoms with van der Waals surface area (Å²) in [5.41, 5.74) is 9.39. The van der Waals surface area contributed by atoms with Crippen molar-refractivity contribution in [3.05, 3.63) is 75.4 Å². The molecule has 3 rings (SSSR count). The summed E-state index contributed by atoms with van der Waals surface area (Å²) in [6, 6.07) is 3.49. The largest absolute Gasteiger partial charge is 0.493 e. The van der Waals surface area contributed by atoms with E-state index in [1.165, 1.54) is 17.2 Å². The van der Waals surface area contributed by atoms with Crippen LogP contribution in [0.3, 0.4) is 0 Å². The van der Waals surface area contributed by atoms with Crippen molar-refractivity contribution >= 4 is 29.4 Å². The molecule has 0 bridgehead atoms. The second-order valence-corrected chi connectivity index (χ2v) is 7.95. The molecule has 1 aromatic rings. The van der Waals surface area contributed by atoms with Gasteiger partial charge < -0.3 is 15.2 Å². The summed E-state index contributed by atoms with van der Waals surface area (Å²) in [7, 11) is 1.55. The summed E-state index contributed by atoms with van der Waals surface area (Å²) in [6.07, 6.45) is 13.9. The highest BCUT2D eigenvalue weighted by molar-refractivity contribution is 6.32. The zero-order valence-corrected chi connectivity index (χ0v) is 18.5. The van der Waals surface area contributed by atoms with E-state index in [1.807, 2.05) is 0 Å². The summed E-state index contributed by atoms with van der Waals surface area (Å²) in [4.78, 5) is 23.9. The fourth-order valence-corrected chi connectivity index (χ4v) is 3.80. The van der Waals surface area contributed by atoms with E-state index in [1.54, 1.807) is 37.5 Å². The molecule has 5 nitrogen and oxygen atoms in total. The van der Waals surface area contributed by atoms with Gasteiger partial charge in [0.2, 0.25) is 5.91 Å². The maximum absolute atomic E-state index is 12.5. The number of methoxy groups -OCH3 is 1. The number of nitrogens with two attached hydrogens (primary N) is 1. The molecule has 0 aliphatic heterocycles. The van der Waals surface area contributed by atoms with Crippen molar-refractivity contribution in [1.29, 1.82) is 0 Å². The standard InChI is InChI=1S/C25H26ClNO4/c1-16-5-3-6-18(11-16)15-31-24-21(26)12-17(13-23(24)30-2)9-10-22(28)19-7-4-8-20(14-19)25(27)29/h5,7,9-14H,3-4,6,8,15H2,1-2H3,(H2,27,29)/b10-9+. The first-order valence-electron chi connectivity index (χ1n) is 10.2. The van der Waals surface area contributed by atoms with E-state index in [4.69, 9.17) is 26.8 Å². The predicted octanol–water partition coefficient (Wildman–Crippen LogP) is 5.11. The van der Waals surface area contributed by atoms with Gasteiger partial charge in [-0.3, -0.25) is 9.59 Å². The Morgan fingerprint density at radius 2 is 1.94 bits per heavy atom. The molecule has 0 radical (unpaired) electrons. The summed E-state index contributed by atoms with van der Waals surface area (Å²) < 4.78 is 11.4. The van der Waals surface area contributed by atoms with E-state index in [0.717, 1.165) is 12.8 Å². The molecule has 162 valence electrons. The van der Waals surface area contributed by atoms with Crippen LogP contribution < -0.4 is 15.2 Å². The molecule has 0 heterocycles. The smallest absolute Gasteiger partial charge is 0.244 e. The summed E-state index contributed by atoms with van der Waals surface area (Å²) in [5, 5.41) is 0.405. The van der Waals surface area contributed by atoms with Crippen molar-refractivity contribution in [3.8, 4) is 11.5 Å². The van der Waals surface area contributed by atoms with E-state index >= 15 is 0 Å². The average molecular weight is 440 g/mol. The van der Waals surface area contributed by atoms with Gasteiger partial charge in [-0.15, -0.1) is 0 Å². The number of primary amides is 1. The summed E-state index contributed by atoms with van der Waals surface area (Å²) in [6.45, 7) is 2.51. The molecule has 0 saturated carbocycles. The normalized spacial score (nSPS) is 16.2. The Morgan fingerprint density at radius 1 is 1.16 bits per heavy atom. The monoisotopic (exact) mass is 439 g/mol. The minimum atomic E-state index is -0.496. The summed E-state index contributed by atoms with van der Waals surface area (Å²) >= 11 is 6.45. The Kier molecular flexibility index (Phi) is 7.53. The number of hydrogen-bond donors (Lipinski definition) is 1. The molecule has 6 heteroatoms. The average Bonchev–Trinajstić information content (AvgIpc) is 2.76. The highest BCUT2D eigenvalue weighted by atomic mass is 35.5. The number of rotatable bonds is 8. The lowest BCUT2D eigenvalue weighted by atomic mass is 9.96. The third-order valence-electron chi connectivity index (χ3n) is 5.15. The van der Waals surface area contributed by atoms with E-state index in [2.05, 4.69) is 19.1 Å². The molecule has 31 heavy (non-hydrogen) atoms. The molecule has 2 aliphatic rings. The third-order valence-corrected chi connectivity index (χ3v) is 5.43. The van der Waals surface area contributed by atoms with Crippen LogP contribution in [-0.2, 0) is 9.59 Å². The zero-order valence-electron chi connectivity index (χ0n) is 17.7. The first kappa shape index (κ1) is 22.6. The lowest BCUT2D eigenvalue weighted by molar-refractivity contribution is -0.114. The topological polar surface area (TPSA) is 78.6 Å². The third kappa shape index (κ3) is 5.98. The molecular formula is C25H26ClNO4. The zero-order chi connectivity index (χ0) is 22.4. The van der Waals surface area contributed by atoms with Gasteiger partial charge in [-0.1, -0.05) is 41.5 Å². The van der Waals surface area contributed by atoms with Crippen LogP contribution in [0, 0.1) is 0 Å². The Hall–Kier alpha value is -3.05. The van der Waals surface area contributed by atoms with Gasteiger partial charge in [0, 0.05) is 11.1 Å². The molecule has 0 fully saturated rings. The van der Waals surface area contributed by atoms with Crippen LogP contribution in [0.2, 0.25) is 5.02 Å². The molecular weight excluding hydrogens is 414 g/mol. The molecule has 0 aromatic heterocycles. The summed E-state index contributed by atoms with van der Waals surface area (Å²) in [5.74, 6) is 0.270. The van der Waals surface area contributed by atoms with Crippen molar-refractivity contribution < 1.29 is 19.1 Å². The number of benzene rings is 1. The minimum absolute atomic E-state index is 0.207. The van der Waals surface area contributed by atoms with Crippen molar-refractivity contribution in [3.63, 3.8) is 0 Å². The van der Waals surface area contributed by atoms with Crippen LogP contribution in [0.25, 0.3) is 6.08 Å². The fraction of sp³-hybridized carbons (Fsp3) is 0.280. The van der Waals surface area contributed by atoms with Gasteiger partial charge in [-0.2, -0.15) is 0 Å². The SMILES string of the molecule is COc1cc(/C=C/C(=O)C2=CCCC(C(N)=O)=C2)cc(Cl)c1OCC1=CC(C)=CCC1. The number of carbonyl (C=O) groups is 2. The highest BCUT2D eigenvalue weighted by Crippen LogP contribution is 2.37. The van der Waals surface area contributed by atoms with Gasteiger partial charge in [0.05, 0.1) is 12.1 Å². The predicted molar refractivity (Wildman–Crippen MR) is 123 cm³/mol. The van der Waals surface area contributed by atoms with Crippen LogP contribution in [-0.4, -0.2) is 25.4 Å². The molecule has 2 aliphatic carbocycles.